The number of benzene rings is 4. The van der Waals surface area contributed by atoms with Gasteiger partial charge in [0.05, 0.1) is 6.04 Å². The minimum atomic E-state index is -2.48. The topological polar surface area (TPSA) is 12.0 Å². The number of anilines is 1. The molecule has 6 rings (SSSR count). The van der Waals surface area contributed by atoms with E-state index < -0.39 is 8.07 Å². The number of hydrogen-bond donors (Lipinski definition) is 1. The third kappa shape index (κ3) is 5.00. The molecule has 0 radical (unpaired) electrons. The highest BCUT2D eigenvalue weighted by Gasteiger charge is 2.42. The molecule has 0 spiro atoms. The molecule has 2 heteroatoms. The van der Waals surface area contributed by atoms with Crippen LogP contribution >= 0.6 is 0 Å². The van der Waals surface area contributed by atoms with Crippen LogP contribution in [0.4, 0.5) is 5.69 Å². The monoisotopic (exact) mass is 521 g/mol. The molecule has 4 aromatic rings. The van der Waals surface area contributed by atoms with Gasteiger partial charge < -0.3 is 5.32 Å². The van der Waals surface area contributed by atoms with Crippen molar-refractivity contribution in [3.05, 3.63) is 169 Å². The minimum Gasteiger partial charge on any atom is -0.378 e. The maximum Gasteiger partial charge on any atom is 0.179 e. The summed E-state index contributed by atoms with van der Waals surface area (Å²) in [7, 11) is -2.48. The van der Waals surface area contributed by atoms with E-state index in [0.29, 0.717) is 5.92 Å². The fraction of sp³-hybridized carbons (Fsp3) is 0.135. The molecular weight excluding hydrogens is 487 g/mol. The number of para-hydroxylation sites is 1. The summed E-state index contributed by atoms with van der Waals surface area (Å²) in [5.74, 6) is 0.845. The van der Waals surface area contributed by atoms with Gasteiger partial charge in [0.25, 0.3) is 0 Å². The molecule has 1 N–H and O–H groups in total. The molecule has 4 aromatic carbocycles. The standard InChI is InChI=1S/C37H35NSi/c1-29-21-25-34(26-22-29)39(32-15-7-3-8-16-32,33-17-9-4-10-18-33)35-27-23-30(24-28-35)36-19-11-12-20-37(36)38-31-13-5-2-6-14-31/h2-21,23-29,36-38H,22H2,1H3/t29-,36?,37?/m0/s1. The predicted molar refractivity (Wildman–Crippen MR) is 170 cm³/mol. The van der Waals surface area contributed by atoms with Gasteiger partial charge in [-0.2, -0.15) is 0 Å². The number of hydrogen-bond acceptors (Lipinski definition) is 1. The second-order valence-electron chi connectivity index (χ2n) is 10.7. The quantitative estimate of drug-likeness (QED) is 0.206. The van der Waals surface area contributed by atoms with Crippen molar-refractivity contribution in [3.8, 4) is 0 Å². The van der Waals surface area contributed by atoms with E-state index in [2.05, 4.69) is 170 Å². The van der Waals surface area contributed by atoms with Gasteiger partial charge in [-0.05, 0) is 50.8 Å². The van der Waals surface area contributed by atoms with Crippen molar-refractivity contribution in [2.45, 2.75) is 25.3 Å². The molecule has 0 saturated heterocycles. The molecule has 0 heterocycles. The molecule has 192 valence electrons. The summed E-state index contributed by atoms with van der Waals surface area (Å²) in [6, 6.07) is 42.7. The molecule has 2 unspecified atom stereocenters. The Morgan fingerprint density at radius 3 is 1.77 bits per heavy atom. The van der Waals surface area contributed by atoms with E-state index in [1.54, 1.807) is 0 Å². The van der Waals surface area contributed by atoms with Gasteiger partial charge in [-0.3, -0.25) is 0 Å². The van der Waals surface area contributed by atoms with Crippen LogP contribution in [0.2, 0.25) is 0 Å². The van der Waals surface area contributed by atoms with Gasteiger partial charge in [0, 0.05) is 11.6 Å². The Labute approximate surface area is 234 Å². The second-order valence-corrected chi connectivity index (χ2v) is 14.5. The highest BCUT2D eigenvalue weighted by atomic mass is 28.3. The van der Waals surface area contributed by atoms with Crippen molar-refractivity contribution < 1.29 is 0 Å². The first-order chi connectivity index (χ1) is 19.2. The van der Waals surface area contributed by atoms with Crippen LogP contribution in [-0.4, -0.2) is 14.1 Å². The lowest BCUT2D eigenvalue weighted by atomic mass is 9.88. The fourth-order valence-corrected chi connectivity index (χ4v) is 10.9. The molecule has 0 fully saturated rings. The molecule has 2 aliphatic rings. The summed E-state index contributed by atoms with van der Waals surface area (Å²) in [6.07, 6.45) is 17.3. The lowest BCUT2D eigenvalue weighted by molar-refractivity contribution is 0.734. The summed E-state index contributed by atoms with van der Waals surface area (Å²) in [5, 5.41) is 9.50. The van der Waals surface area contributed by atoms with Gasteiger partial charge in [-0.25, -0.2) is 0 Å². The summed E-state index contributed by atoms with van der Waals surface area (Å²) >= 11 is 0. The van der Waals surface area contributed by atoms with Crippen molar-refractivity contribution in [2.24, 2.45) is 5.92 Å². The Morgan fingerprint density at radius 1 is 0.615 bits per heavy atom. The molecule has 1 nitrogen and oxygen atoms in total. The van der Waals surface area contributed by atoms with E-state index in [-0.39, 0.29) is 12.0 Å². The molecule has 3 atom stereocenters. The average Bonchev–Trinajstić information content (AvgIpc) is 3.01. The predicted octanol–water partition coefficient (Wildman–Crippen LogP) is 6.91. The van der Waals surface area contributed by atoms with Gasteiger partial charge in [-0.15, -0.1) is 0 Å². The van der Waals surface area contributed by atoms with Crippen molar-refractivity contribution >= 4 is 29.3 Å². The minimum absolute atomic E-state index is 0.207. The van der Waals surface area contributed by atoms with Crippen molar-refractivity contribution in [1.82, 2.24) is 0 Å². The second kappa shape index (κ2) is 11.3. The zero-order chi connectivity index (χ0) is 26.5. The average molecular weight is 522 g/mol. The van der Waals surface area contributed by atoms with Crippen LogP contribution in [-0.2, 0) is 0 Å². The summed E-state index contributed by atoms with van der Waals surface area (Å²) < 4.78 is 0. The molecular formula is C37H35NSi. The summed E-state index contributed by atoms with van der Waals surface area (Å²) in [6.45, 7) is 2.30. The smallest absolute Gasteiger partial charge is 0.179 e. The van der Waals surface area contributed by atoms with Gasteiger partial charge in [0.15, 0.2) is 8.07 Å². The fourth-order valence-electron chi connectivity index (χ4n) is 6.13. The molecule has 0 bridgehead atoms. The Morgan fingerprint density at radius 2 is 1.18 bits per heavy atom. The number of nitrogens with one attached hydrogen (secondary N) is 1. The van der Waals surface area contributed by atoms with E-state index in [9.17, 15) is 0 Å². The van der Waals surface area contributed by atoms with Gasteiger partial charge in [0.1, 0.15) is 0 Å². The van der Waals surface area contributed by atoms with E-state index in [1.165, 1.54) is 26.3 Å². The Kier molecular flexibility index (Phi) is 7.29. The molecule has 39 heavy (non-hydrogen) atoms. The molecule has 0 aromatic heterocycles. The molecule has 2 aliphatic carbocycles. The van der Waals surface area contributed by atoms with Crippen LogP contribution in [0.15, 0.2) is 163 Å². The summed E-state index contributed by atoms with van der Waals surface area (Å²) in [5.41, 5.74) is 2.48. The normalized spacial score (nSPS) is 20.4. The van der Waals surface area contributed by atoms with Crippen molar-refractivity contribution in [3.63, 3.8) is 0 Å². The van der Waals surface area contributed by atoms with Crippen LogP contribution in [0, 0.1) is 5.92 Å². The molecule has 0 aliphatic heterocycles. The van der Waals surface area contributed by atoms with Crippen LogP contribution < -0.4 is 20.9 Å². The van der Waals surface area contributed by atoms with Crippen LogP contribution in [0.25, 0.3) is 0 Å². The van der Waals surface area contributed by atoms with E-state index in [1.807, 2.05) is 0 Å². The Bertz CT molecular complexity index is 1460. The zero-order valence-corrected chi connectivity index (χ0v) is 23.5. The number of rotatable bonds is 7. The van der Waals surface area contributed by atoms with Gasteiger partial charge in [0.2, 0.25) is 0 Å². The lowest BCUT2D eigenvalue weighted by Crippen LogP contribution is -2.68. The first-order valence-corrected chi connectivity index (χ1v) is 16.0. The zero-order valence-electron chi connectivity index (χ0n) is 22.5. The first-order valence-electron chi connectivity index (χ1n) is 14.0. The Hall–Kier alpha value is -4.14. The van der Waals surface area contributed by atoms with Crippen LogP contribution in [0.5, 0.6) is 0 Å². The van der Waals surface area contributed by atoms with E-state index >= 15 is 0 Å². The maximum atomic E-state index is 3.73. The third-order valence-corrected chi connectivity index (χ3v) is 13.0. The number of allylic oxidation sites excluding steroid dienone is 6. The largest absolute Gasteiger partial charge is 0.378 e. The first kappa shape index (κ1) is 25.2. The highest BCUT2D eigenvalue weighted by molar-refractivity contribution is 7.16. The van der Waals surface area contributed by atoms with Gasteiger partial charge >= 0.3 is 0 Å². The lowest BCUT2D eigenvalue weighted by Gasteiger charge is -2.37. The van der Waals surface area contributed by atoms with Crippen molar-refractivity contribution in [2.75, 3.05) is 5.32 Å². The third-order valence-electron chi connectivity index (χ3n) is 8.13. The van der Waals surface area contributed by atoms with Gasteiger partial charge in [-0.1, -0.05) is 153 Å². The highest BCUT2D eigenvalue weighted by Crippen LogP contribution is 2.29. The van der Waals surface area contributed by atoms with Crippen LogP contribution in [0.1, 0.15) is 24.8 Å². The van der Waals surface area contributed by atoms with Crippen LogP contribution in [0.3, 0.4) is 0 Å². The Balaban J connectivity index is 1.45. The van der Waals surface area contributed by atoms with Crippen molar-refractivity contribution in [1.29, 1.82) is 0 Å². The maximum absolute atomic E-state index is 3.73. The van der Waals surface area contributed by atoms with E-state index in [4.69, 9.17) is 0 Å². The molecule has 0 saturated carbocycles. The summed E-state index contributed by atoms with van der Waals surface area (Å²) in [4.78, 5) is 0. The van der Waals surface area contributed by atoms with E-state index in [0.717, 1.165) is 12.1 Å². The SMILES string of the molecule is C[C@H]1C=CC([Si](c2ccccc2)(c2ccccc2)c2ccc(C3C=CC=CC3Nc3ccccc3)cc2)=CC1. The molecule has 0 amide bonds.